The van der Waals surface area contributed by atoms with Crippen LogP contribution in [0, 0.1) is 5.41 Å². The molecule has 1 aliphatic heterocycles. The molecule has 2 aliphatic rings. The highest BCUT2D eigenvalue weighted by Crippen LogP contribution is 2.45. The summed E-state index contributed by atoms with van der Waals surface area (Å²) in [5.74, 6) is -1.30. The van der Waals surface area contributed by atoms with E-state index >= 15 is 0 Å². The summed E-state index contributed by atoms with van der Waals surface area (Å²) in [5.41, 5.74) is -0.134. The molecule has 1 unspecified atom stereocenters. The van der Waals surface area contributed by atoms with Gasteiger partial charge in [-0.2, -0.15) is 0 Å². The van der Waals surface area contributed by atoms with Crippen molar-refractivity contribution >= 4 is 17.8 Å². The number of carboxylic acid groups (broad SMARTS) is 1. The molecule has 1 saturated heterocycles. The second-order valence-electron chi connectivity index (χ2n) is 6.23. The number of amides is 2. The van der Waals surface area contributed by atoms with Gasteiger partial charge in [0.25, 0.3) is 0 Å². The minimum atomic E-state index is -0.963. The van der Waals surface area contributed by atoms with Crippen LogP contribution in [0.3, 0.4) is 0 Å². The molecule has 0 aromatic carbocycles. The zero-order valence-electron chi connectivity index (χ0n) is 12.1. The number of piperidine rings is 1. The standard InChI is InChI=1S/C15H23NO4/c1-2-11(8-14(19)20)16-12(17)9-15(10-13(16)18)6-4-3-5-7-15/h11H,2-10H2,1H3,(H,19,20). The van der Waals surface area contributed by atoms with Crippen LogP contribution in [0.1, 0.15) is 64.7 Å². The second-order valence-corrected chi connectivity index (χ2v) is 6.23. The van der Waals surface area contributed by atoms with Gasteiger partial charge in [0.2, 0.25) is 11.8 Å². The first-order valence-corrected chi connectivity index (χ1v) is 7.54. The number of nitrogens with zero attached hydrogens (tertiary/aromatic N) is 1. The number of rotatable bonds is 4. The van der Waals surface area contributed by atoms with E-state index in [0.717, 1.165) is 25.7 Å². The SMILES string of the molecule is CCC(CC(=O)O)N1C(=O)CC2(CCCCC2)CC1=O. The minimum absolute atomic E-state index is 0.134. The van der Waals surface area contributed by atoms with E-state index in [2.05, 4.69) is 0 Å². The number of carbonyl (C=O) groups excluding carboxylic acids is 2. The lowest BCUT2D eigenvalue weighted by Gasteiger charge is -2.44. The number of carbonyl (C=O) groups is 3. The second kappa shape index (κ2) is 5.94. The van der Waals surface area contributed by atoms with Crippen molar-refractivity contribution in [3.05, 3.63) is 0 Å². The first-order valence-electron chi connectivity index (χ1n) is 7.54. The fraction of sp³-hybridized carbons (Fsp3) is 0.800. The van der Waals surface area contributed by atoms with Crippen molar-refractivity contribution in [1.82, 2.24) is 4.90 Å². The molecular formula is C15H23NO4. The molecule has 2 fully saturated rings. The quantitative estimate of drug-likeness (QED) is 0.803. The molecule has 2 amide bonds. The largest absolute Gasteiger partial charge is 0.481 e. The van der Waals surface area contributed by atoms with Gasteiger partial charge in [-0.3, -0.25) is 19.3 Å². The molecule has 0 aromatic rings. The molecule has 1 atom stereocenters. The van der Waals surface area contributed by atoms with Crippen LogP contribution in [0.5, 0.6) is 0 Å². The Hall–Kier alpha value is -1.39. The van der Waals surface area contributed by atoms with Crippen molar-refractivity contribution in [2.75, 3.05) is 0 Å². The van der Waals surface area contributed by atoms with E-state index in [-0.39, 0.29) is 23.7 Å². The van der Waals surface area contributed by atoms with Gasteiger partial charge in [-0.1, -0.05) is 26.2 Å². The monoisotopic (exact) mass is 281 g/mol. The molecule has 1 spiro atoms. The Balaban J connectivity index is 2.12. The van der Waals surface area contributed by atoms with Gasteiger partial charge in [0, 0.05) is 18.9 Å². The van der Waals surface area contributed by atoms with Gasteiger partial charge in [0.05, 0.1) is 6.42 Å². The topological polar surface area (TPSA) is 74.7 Å². The molecule has 2 rings (SSSR count). The average Bonchev–Trinajstić information content (AvgIpc) is 2.36. The van der Waals surface area contributed by atoms with Crippen LogP contribution in [0.15, 0.2) is 0 Å². The van der Waals surface area contributed by atoms with E-state index in [1.165, 1.54) is 11.3 Å². The smallest absolute Gasteiger partial charge is 0.305 e. The van der Waals surface area contributed by atoms with E-state index in [9.17, 15) is 14.4 Å². The Morgan fingerprint density at radius 1 is 1.20 bits per heavy atom. The van der Waals surface area contributed by atoms with Crippen LogP contribution in [0.4, 0.5) is 0 Å². The van der Waals surface area contributed by atoms with Crippen LogP contribution < -0.4 is 0 Å². The number of aliphatic carboxylic acids is 1. The predicted octanol–water partition coefficient (Wildman–Crippen LogP) is 2.34. The van der Waals surface area contributed by atoms with E-state index in [1.54, 1.807) is 0 Å². The van der Waals surface area contributed by atoms with E-state index in [0.29, 0.717) is 19.3 Å². The third kappa shape index (κ3) is 3.02. The molecule has 1 saturated carbocycles. The maximum absolute atomic E-state index is 12.4. The van der Waals surface area contributed by atoms with E-state index < -0.39 is 12.0 Å². The van der Waals surface area contributed by atoms with E-state index in [1.807, 2.05) is 6.92 Å². The summed E-state index contributed by atoms with van der Waals surface area (Å²) >= 11 is 0. The lowest BCUT2D eigenvalue weighted by atomic mass is 9.67. The molecule has 1 aliphatic carbocycles. The van der Waals surface area contributed by atoms with Crippen molar-refractivity contribution in [1.29, 1.82) is 0 Å². The predicted molar refractivity (Wildman–Crippen MR) is 72.9 cm³/mol. The number of likely N-dealkylation sites (tertiary alicyclic amines) is 1. The zero-order chi connectivity index (χ0) is 14.8. The fourth-order valence-electron chi connectivity index (χ4n) is 3.70. The van der Waals surface area contributed by atoms with Gasteiger partial charge >= 0.3 is 5.97 Å². The molecule has 112 valence electrons. The summed E-state index contributed by atoms with van der Waals surface area (Å²) in [6, 6.07) is -0.492. The lowest BCUT2D eigenvalue weighted by molar-refractivity contribution is -0.158. The van der Waals surface area contributed by atoms with Crippen LogP contribution in [-0.2, 0) is 14.4 Å². The molecule has 5 nitrogen and oxygen atoms in total. The Kier molecular flexibility index (Phi) is 4.45. The highest BCUT2D eigenvalue weighted by Gasteiger charge is 2.45. The van der Waals surface area contributed by atoms with Crippen molar-refractivity contribution in [3.8, 4) is 0 Å². The molecule has 0 radical (unpaired) electrons. The van der Waals surface area contributed by atoms with Crippen molar-refractivity contribution in [2.45, 2.75) is 70.8 Å². The molecule has 0 bridgehead atoms. The normalized spacial score (nSPS) is 23.9. The lowest BCUT2D eigenvalue weighted by Crippen LogP contribution is -2.53. The van der Waals surface area contributed by atoms with Crippen LogP contribution >= 0.6 is 0 Å². The maximum atomic E-state index is 12.4. The molecule has 20 heavy (non-hydrogen) atoms. The molecular weight excluding hydrogens is 258 g/mol. The highest BCUT2D eigenvalue weighted by molar-refractivity contribution is 5.99. The van der Waals surface area contributed by atoms with Gasteiger partial charge in [-0.25, -0.2) is 0 Å². The number of carboxylic acids is 1. The summed E-state index contributed by atoms with van der Waals surface area (Å²) < 4.78 is 0. The first-order chi connectivity index (χ1) is 9.47. The fourth-order valence-corrected chi connectivity index (χ4v) is 3.70. The van der Waals surface area contributed by atoms with Gasteiger partial charge in [0.15, 0.2) is 0 Å². The van der Waals surface area contributed by atoms with Crippen LogP contribution in [0.25, 0.3) is 0 Å². The number of hydrogen-bond donors (Lipinski definition) is 1. The van der Waals surface area contributed by atoms with Gasteiger partial charge in [0.1, 0.15) is 0 Å². The first kappa shape index (κ1) is 15.0. The van der Waals surface area contributed by atoms with Gasteiger partial charge in [-0.05, 0) is 24.7 Å². The number of imide groups is 1. The molecule has 1 heterocycles. The van der Waals surface area contributed by atoms with Crippen LogP contribution in [-0.4, -0.2) is 33.8 Å². The van der Waals surface area contributed by atoms with Crippen LogP contribution in [0.2, 0.25) is 0 Å². The summed E-state index contributed by atoms with van der Waals surface area (Å²) in [7, 11) is 0. The van der Waals surface area contributed by atoms with E-state index in [4.69, 9.17) is 5.11 Å². The van der Waals surface area contributed by atoms with Crippen molar-refractivity contribution in [2.24, 2.45) is 5.41 Å². The Morgan fingerprint density at radius 2 is 1.75 bits per heavy atom. The molecule has 5 heteroatoms. The molecule has 0 aromatic heterocycles. The zero-order valence-corrected chi connectivity index (χ0v) is 12.1. The minimum Gasteiger partial charge on any atom is -0.481 e. The Labute approximate surface area is 119 Å². The molecule has 1 N–H and O–H groups in total. The van der Waals surface area contributed by atoms with Gasteiger partial charge < -0.3 is 5.11 Å². The Bertz CT molecular complexity index is 392. The summed E-state index contributed by atoms with van der Waals surface area (Å²) in [6.45, 7) is 1.82. The Morgan fingerprint density at radius 3 is 2.20 bits per heavy atom. The van der Waals surface area contributed by atoms with Crippen molar-refractivity contribution in [3.63, 3.8) is 0 Å². The maximum Gasteiger partial charge on any atom is 0.305 e. The average molecular weight is 281 g/mol. The van der Waals surface area contributed by atoms with Crippen molar-refractivity contribution < 1.29 is 19.5 Å². The third-order valence-electron chi connectivity index (χ3n) is 4.75. The highest BCUT2D eigenvalue weighted by atomic mass is 16.4. The third-order valence-corrected chi connectivity index (χ3v) is 4.75. The summed E-state index contributed by atoms with van der Waals surface area (Å²) in [5, 5.41) is 8.91. The summed E-state index contributed by atoms with van der Waals surface area (Å²) in [4.78, 5) is 36.8. The number of hydrogen-bond acceptors (Lipinski definition) is 3. The summed E-state index contributed by atoms with van der Waals surface area (Å²) in [6.07, 6.45) is 6.44. The van der Waals surface area contributed by atoms with Gasteiger partial charge in [-0.15, -0.1) is 0 Å².